The zero-order chi connectivity index (χ0) is 16.2. The molecule has 0 radical (unpaired) electrons. The van der Waals surface area contributed by atoms with Gasteiger partial charge in [0.2, 0.25) is 0 Å². The van der Waals surface area contributed by atoms with Gasteiger partial charge < -0.3 is 14.7 Å². The van der Waals surface area contributed by atoms with Crippen LogP contribution in [0.5, 0.6) is 5.75 Å². The maximum absolute atomic E-state index is 10.2. The number of aryl methyl sites for hydroxylation is 1. The van der Waals surface area contributed by atoms with E-state index in [2.05, 4.69) is 44.7 Å². The molecule has 0 spiro atoms. The average Bonchev–Trinajstić information content (AvgIpc) is 2.46. The molecular formula is C19H31NO2. The molecule has 0 aromatic heterocycles. The lowest BCUT2D eigenvalue weighted by molar-refractivity contribution is 0.0611. The fourth-order valence-corrected chi connectivity index (χ4v) is 3.03. The Morgan fingerprint density at radius 1 is 1.18 bits per heavy atom. The molecule has 0 bridgehead atoms. The van der Waals surface area contributed by atoms with Crippen LogP contribution in [0.15, 0.2) is 18.2 Å². The predicted octanol–water partition coefficient (Wildman–Crippen LogP) is 3.52. The van der Waals surface area contributed by atoms with Crippen LogP contribution in [0.25, 0.3) is 0 Å². The lowest BCUT2D eigenvalue weighted by atomic mass is 9.85. The first-order chi connectivity index (χ1) is 10.4. The van der Waals surface area contributed by atoms with Crippen LogP contribution in [0.1, 0.15) is 51.2 Å². The molecule has 0 saturated carbocycles. The summed E-state index contributed by atoms with van der Waals surface area (Å²) < 4.78 is 5.95. The number of aliphatic hydroxyl groups is 1. The van der Waals surface area contributed by atoms with E-state index in [9.17, 15) is 5.11 Å². The van der Waals surface area contributed by atoms with Crippen LogP contribution in [0.3, 0.4) is 0 Å². The minimum atomic E-state index is -0.424. The maximum atomic E-state index is 10.2. The van der Waals surface area contributed by atoms with Crippen molar-refractivity contribution in [2.75, 3.05) is 26.2 Å². The van der Waals surface area contributed by atoms with E-state index in [-0.39, 0.29) is 5.41 Å². The van der Waals surface area contributed by atoms with E-state index >= 15 is 0 Å². The van der Waals surface area contributed by atoms with Crippen molar-refractivity contribution in [2.24, 2.45) is 0 Å². The van der Waals surface area contributed by atoms with E-state index in [4.69, 9.17) is 4.74 Å². The fraction of sp³-hybridized carbons (Fsp3) is 0.684. The van der Waals surface area contributed by atoms with Crippen molar-refractivity contribution in [3.63, 3.8) is 0 Å². The third-order valence-corrected chi connectivity index (χ3v) is 4.29. The first kappa shape index (κ1) is 17.3. The van der Waals surface area contributed by atoms with E-state index in [0.717, 1.165) is 25.4 Å². The van der Waals surface area contributed by atoms with Crippen LogP contribution in [0.2, 0.25) is 0 Å². The highest BCUT2D eigenvalue weighted by atomic mass is 16.5. The minimum Gasteiger partial charge on any atom is -0.491 e. The third-order valence-electron chi connectivity index (χ3n) is 4.29. The summed E-state index contributed by atoms with van der Waals surface area (Å²) in [5, 5.41) is 10.2. The molecule has 1 N–H and O–H groups in total. The molecule has 22 heavy (non-hydrogen) atoms. The number of nitrogens with zero attached hydrogens (tertiary/aromatic N) is 1. The van der Waals surface area contributed by atoms with Gasteiger partial charge >= 0.3 is 0 Å². The van der Waals surface area contributed by atoms with Gasteiger partial charge in [0, 0.05) is 6.54 Å². The smallest absolute Gasteiger partial charge is 0.123 e. The fourth-order valence-electron chi connectivity index (χ4n) is 3.03. The van der Waals surface area contributed by atoms with Crippen LogP contribution >= 0.6 is 0 Å². The Balaban J connectivity index is 1.93. The summed E-state index contributed by atoms with van der Waals surface area (Å²) in [6.45, 7) is 12.0. The van der Waals surface area contributed by atoms with Gasteiger partial charge in [-0.1, -0.05) is 44.9 Å². The van der Waals surface area contributed by atoms with E-state index in [1.54, 1.807) is 0 Å². The van der Waals surface area contributed by atoms with Gasteiger partial charge in [-0.05, 0) is 49.9 Å². The van der Waals surface area contributed by atoms with Gasteiger partial charge in [-0.15, -0.1) is 0 Å². The van der Waals surface area contributed by atoms with Crippen LogP contribution < -0.4 is 4.74 Å². The van der Waals surface area contributed by atoms with Crippen molar-refractivity contribution in [3.8, 4) is 5.75 Å². The predicted molar refractivity (Wildman–Crippen MR) is 91.7 cm³/mol. The third kappa shape index (κ3) is 4.99. The molecule has 1 aliphatic rings. The second kappa shape index (κ2) is 7.47. The molecule has 1 aromatic carbocycles. The second-order valence-corrected chi connectivity index (χ2v) is 7.58. The first-order valence-corrected chi connectivity index (χ1v) is 8.50. The molecule has 124 valence electrons. The van der Waals surface area contributed by atoms with Crippen molar-refractivity contribution in [1.82, 2.24) is 4.90 Å². The summed E-state index contributed by atoms with van der Waals surface area (Å²) in [6.07, 6.45) is 3.40. The van der Waals surface area contributed by atoms with Crippen molar-refractivity contribution in [2.45, 2.75) is 58.5 Å². The summed E-state index contributed by atoms with van der Waals surface area (Å²) >= 11 is 0. The number of benzene rings is 1. The zero-order valence-electron chi connectivity index (χ0n) is 14.6. The van der Waals surface area contributed by atoms with E-state index in [1.807, 2.05) is 6.07 Å². The highest BCUT2D eigenvalue weighted by Gasteiger charge is 2.20. The maximum Gasteiger partial charge on any atom is 0.123 e. The number of likely N-dealkylation sites (tertiary alicyclic amines) is 1. The monoisotopic (exact) mass is 305 g/mol. The minimum absolute atomic E-state index is 0.0408. The average molecular weight is 305 g/mol. The van der Waals surface area contributed by atoms with Gasteiger partial charge in [-0.2, -0.15) is 0 Å². The van der Waals surface area contributed by atoms with Gasteiger partial charge in [0.15, 0.2) is 0 Å². The van der Waals surface area contributed by atoms with Crippen LogP contribution in [-0.2, 0) is 5.41 Å². The van der Waals surface area contributed by atoms with Crippen molar-refractivity contribution in [1.29, 1.82) is 0 Å². The quantitative estimate of drug-likeness (QED) is 0.903. The van der Waals surface area contributed by atoms with E-state index in [0.29, 0.717) is 6.61 Å². The zero-order valence-corrected chi connectivity index (χ0v) is 14.6. The highest BCUT2D eigenvalue weighted by Crippen LogP contribution is 2.32. The van der Waals surface area contributed by atoms with Crippen molar-refractivity contribution >= 4 is 0 Å². The van der Waals surface area contributed by atoms with E-state index in [1.165, 1.54) is 30.4 Å². The van der Waals surface area contributed by atoms with Gasteiger partial charge in [0.1, 0.15) is 18.5 Å². The molecule has 1 unspecified atom stereocenters. The summed E-state index contributed by atoms with van der Waals surface area (Å²) in [7, 11) is 0. The number of piperidine rings is 1. The summed E-state index contributed by atoms with van der Waals surface area (Å²) in [5.41, 5.74) is 2.49. The molecule has 3 heteroatoms. The molecule has 1 aliphatic heterocycles. The number of ether oxygens (including phenoxy) is 1. The van der Waals surface area contributed by atoms with Crippen LogP contribution in [0, 0.1) is 6.92 Å². The van der Waals surface area contributed by atoms with Gasteiger partial charge in [0.05, 0.1) is 0 Å². The Kier molecular flexibility index (Phi) is 5.87. The van der Waals surface area contributed by atoms with Crippen LogP contribution in [0.4, 0.5) is 0 Å². The van der Waals surface area contributed by atoms with E-state index < -0.39 is 6.10 Å². The Morgan fingerprint density at radius 2 is 1.86 bits per heavy atom. The molecule has 0 amide bonds. The number of aliphatic hydroxyl groups excluding tert-OH is 1. The molecule has 1 heterocycles. The number of β-amino-alcohol motifs (C(OH)–C–C–N with tert-alkyl or cyclic N) is 1. The Hall–Kier alpha value is -1.06. The molecule has 1 atom stereocenters. The standard InChI is InChI=1S/C19H31NO2/c1-15-8-9-18(17(12-15)19(2,3)4)22-14-16(21)13-20-10-6-5-7-11-20/h8-9,12,16,21H,5-7,10-11,13-14H2,1-4H3. The Labute approximate surface area is 135 Å². The van der Waals surface area contributed by atoms with Gasteiger partial charge in [0.25, 0.3) is 0 Å². The summed E-state index contributed by atoms with van der Waals surface area (Å²) in [4.78, 5) is 2.34. The largest absolute Gasteiger partial charge is 0.491 e. The molecule has 1 saturated heterocycles. The lowest BCUT2D eigenvalue weighted by Crippen LogP contribution is -2.38. The molecule has 2 rings (SSSR count). The normalized spacial score (nSPS) is 18.2. The number of rotatable bonds is 5. The first-order valence-electron chi connectivity index (χ1n) is 8.50. The van der Waals surface area contributed by atoms with Gasteiger partial charge in [-0.25, -0.2) is 0 Å². The topological polar surface area (TPSA) is 32.7 Å². The molecule has 1 aromatic rings. The molecule has 1 fully saturated rings. The summed E-state index contributed by atoms with van der Waals surface area (Å²) in [5.74, 6) is 0.899. The lowest BCUT2D eigenvalue weighted by Gasteiger charge is -2.29. The SMILES string of the molecule is Cc1ccc(OCC(O)CN2CCCCC2)c(C(C)(C)C)c1. The molecule has 0 aliphatic carbocycles. The van der Waals surface area contributed by atoms with Gasteiger partial charge in [-0.3, -0.25) is 0 Å². The number of hydrogen-bond acceptors (Lipinski definition) is 3. The van der Waals surface area contributed by atoms with Crippen LogP contribution in [-0.4, -0.2) is 42.4 Å². The summed E-state index contributed by atoms with van der Waals surface area (Å²) in [6, 6.07) is 6.29. The number of hydrogen-bond donors (Lipinski definition) is 1. The van der Waals surface area contributed by atoms with Crippen molar-refractivity contribution in [3.05, 3.63) is 29.3 Å². The Bertz CT molecular complexity index is 473. The van der Waals surface area contributed by atoms with Crippen molar-refractivity contribution < 1.29 is 9.84 Å². The second-order valence-electron chi connectivity index (χ2n) is 7.58. The highest BCUT2D eigenvalue weighted by molar-refractivity contribution is 5.41. The molecule has 3 nitrogen and oxygen atoms in total. The molecular weight excluding hydrogens is 274 g/mol. The Morgan fingerprint density at radius 3 is 2.50 bits per heavy atom.